The summed E-state index contributed by atoms with van der Waals surface area (Å²) in [6.07, 6.45) is 2.65. The van der Waals surface area contributed by atoms with Gasteiger partial charge in [-0.05, 0) is 33.1 Å². The molecular formula is C12H18N2O4. The first-order valence-corrected chi connectivity index (χ1v) is 6.19. The number of nitrogens with zero attached hydrogens (tertiary/aromatic N) is 2. The first-order valence-electron chi connectivity index (χ1n) is 6.19. The van der Waals surface area contributed by atoms with Crippen molar-refractivity contribution in [1.29, 1.82) is 0 Å². The van der Waals surface area contributed by atoms with Crippen molar-refractivity contribution in [2.75, 3.05) is 6.61 Å². The lowest BCUT2D eigenvalue weighted by Gasteiger charge is -2.24. The molecule has 100 valence electrons. The molecule has 1 aliphatic heterocycles. The van der Waals surface area contributed by atoms with Crippen LogP contribution in [-0.2, 0) is 4.74 Å². The van der Waals surface area contributed by atoms with Crippen molar-refractivity contribution in [2.24, 2.45) is 0 Å². The van der Waals surface area contributed by atoms with Crippen LogP contribution in [0.2, 0.25) is 0 Å². The van der Waals surface area contributed by atoms with Gasteiger partial charge in [-0.1, -0.05) is 0 Å². The Morgan fingerprint density at radius 2 is 2.39 bits per heavy atom. The number of hydrogen-bond donors (Lipinski definition) is 1. The molecule has 1 unspecified atom stereocenters. The minimum Gasteiger partial charge on any atom is -0.476 e. The highest BCUT2D eigenvalue weighted by Crippen LogP contribution is 2.27. The average molecular weight is 254 g/mol. The lowest BCUT2D eigenvalue weighted by Crippen LogP contribution is -2.21. The largest absolute Gasteiger partial charge is 0.476 e. The standard InChI is InChI=1S/C12H18N2O4/c1-8(2)18-11-7-9(12(15)16)13-14(11)10-5-3-4-6-17-10/h7-8,10H,3-6H2,1-2H3,(H,15,16). The minimum atomic E-state index is -1.06. The monoisotopic (exact) mass is 254 g/mol. The number of carbonyl (C=O) groups is 1. The van der Waals surface area contributed by atoms with E-state index in [1.807, 2.05) is 13.8 Å². The zero-order valence-electron chi connectivity index (χ0n) is 10.6. The fourth-order valence-electron chi connectivity index (χ4n) is 1.93. The number of aromatic carboxylic acids is 1. The van der Waals surface area contributed by atoms with E-state index in [0.29, 0.717) is 12.5 Å². The van der Waals surface area contributed by atoms with Crippen molar-refractivity contribution < 1.29 is 19.4 Å². The molecule has 0 bridgehead atoms. The van der Waals surface area contributed by atoms with Crippen molar-refractivity contribution in [3.63, 3.8) is 0 Å². The Labute approximate surface area is 106 Å². The molecule has 0 aromatic carbocycles. The van der Waals surface area contributed by atoms with Crippen LogP contribution in [0.3, 0.4) is 0 Å². The summed E-state index contributed by atoms with van der Waals surface area (Å²) in [6, 6.07) is 1.44. The van der Waals surface area contributed by atoms with Gasteiger partial charge in [0.2, 0.25) is 5.88 Å². The van der Waals surface area contributed by atoms with E-state index in [1.165, 1.54) is 6.07 Å². The van der Waals surface area contributed by atoms with E-state index in [4.69, 9.17) is 14.6 Å². The van der Waals surface area contributed by atoms with Gasteiger partial charge in [0.1, 0.15) is 0 Å². The molecule has 1 fully saturated rings. The predicted octanol–water partition coefficient (Wildman–Crippen LogP) is 2.07. The molecule has 0 aliphatic carbocycles. The van der Waals surface area contributed by atoms with Crippen LogP contribution in [0.25, 0.3) is 0 Å². The molecule has 0 spiro atoms. The Bertz CT molecular complexity index is 422. The van der Waals surface area contributed by atoms with Crippen molar-refractivity contribution >= 4 is 5.97 Å². The fraction of sp³-hybridized carbons (Fsp3) is 0.667. The number of carboxylic acids is 1. The summed E-state index contributed by atoms with van der Waals surface area (Å²) < 4.78 is 12.7. The number of rotatable bonds is 4. The van der Waals surface area contributed by atoms with Crippen LogP contribution in [0.4, 0.5) is 0 Å². The molecule has 6 heteroatoms. The molecule has 6 nitrogen and oxygen atoms in total. The summed E-state index contributed by atoms with van der Waals surface area (Å²) in [5, 5.41) is 13.0. The summed E-state index contributed by atoms with van der Waals surface area (Å²) in [5.41, 5.74) is -0.0141. The molecule has 0 radical (unpaired) electrons. The van der Waals surface area contributed by atoms with E-state index in [0.717, 1.165) is 19.3 Å². The molecule has 18 heavy (non-hydrogen) atoms. The normalized spacial score (nSPS) is 20.1. The number of aromatic nitrogens is 2. The maximum atomic E-state index is 11.0. The van der Waals surface area contributed by atoms with Gasteiger partial charge in [0, 0.05) is 12.7 Å². The molecule has 0 saturated carbocycles. The molecule has 1 saturated heterocycles. The second-order valence-corrected chi connectivity index (χ2v) is 4.61. The van der Waals surface area contributed by atoms with Gasteiger partial charge in [-0.3, -0.25) is 0 Å². The van der Waals surface area contributed by atoms with Gasteiger partial charge in [-0.15, -0.1) is 0 Å². The quantitative estimate of drug-likeness (QED) is 0.890. The molecular weight excluding hydrogens is 236 g/mol. The van der Waals surface area contributed by atoms with Crippen LogP contribution in [0.15, 0.2) is 6.07 Å². The van der Waals surface area contributed by atoms with Gasteiger partial charge >= 0.3 is 5.97 Å². The van der Waals surface area contributed by atoms with Crippen LogP contribution in [0.5, 0.6) is 5.88 Å². The van der Waals surface area contributed by atoms with Crippen molar-refractivity contribution in [2.45, 2.75) is 45.4 Å². The third kappa shape index (κ3) is 2.81. The van der Waals surface area contributed by atoms with Crippen molar-refractivity contribution in [1.82, 2.24) is 9.78 Å². The van der Waals surface area contributed by atoms with E-state index in [9.17, 15) is 4.79 Å². The Balaban J connectivity index is 2.27. The van der Waals surface area contributed by atoms with Crippen LogP contribution < -0.4 is 4.74 Å². The molecule has 1 N–H and O–H groups in total. The SMILES string of the molecule is CC(C)Oc1cc(C(=O)O)nn1C1CCCCO1. The van der Waals surface area contributed by atoms with Crippen LogP contribution >= 0.6 is 0 Å². The first kappa shape index (κ1) is 12.9. The topological polar surface area (TPSA) is 73.6 Å². The number of hydrogen-bond acceptors (Lipinski definition) is 4. The smallest absolute Gasteiger partial charge is 0.356 e. The second-order valence-electron chi connectivity index (χ2n) is 4.61. The molecule has 1 aromatic heterocycles. The number of ether oxygens (including phenoxy) is 2. The molecule has 2 rings (SSSR count). The maximum absolute atomic E-state index is 11.0. The van der Waals surface area contributed by atoms with E-state index in [2.05, 4.69) is 5.10 Å². The molecule has 1 aromatic rings. The highest BCUT2D eigenvalue weighted by atomic mass is 16.5. The summed E-state index contributed by atoms with van der Waals surface area (Å²) >= 11 is 0. The molecule has 1 atom stereocenters. The van der Waals surface area contributed by atoms with Gasteiger partial charge in [-0.2, -0.15) is 5.10 Å². The Morgan fingerprint density at radius 3 is 2.94 bits per heavy atom. The van der Waals surface area contributed by atoms with E-state index < -0.39 is 5.97 Å². The predicted molar refractivity (Wildman–Crippen MR) is 63.8 cm³/mol. The third-order valence-electron chi connectivity index (χ3n) is 2.71. The highest BCUT2D eigenvalue weighted by molar-refractivity contribution is 5.85. The summed E-state index contributed by atoms with van der Waals surface area (Å²) in [5.74, 6) is -0.604. The lowest BCUT2D eigenvalue weighted by atomic mass is 10.2. The van der Waals surface area contributed by atoms with Gasteiger partial charge in [0.25, 0.3) is 0 Å². The second kappa shape index (κ2) is 5.39. The Hall–Kier alpha value is -1.56. The zero-order chi connectivity index (χ0) is 13.1. The Morgan fingerprint density at radius 1 is 1.61 bits per heavy atom. The van der Waals surface area contributed by atoms with Gasteiger partial charge < -0.3 is 14.6 Å². The van der Waals surface area contributed by atoms with Crippen LogP contribution in [-0.4, -0.2) is 33.6 Å². The third-order valence-corrected chi connectivity index (χ3v) is 2.71. The van der Waals surface area contributed by atoms with Crippen LogP contribution in [0.1, 0.15) is 49.8 Å². The molecule has 1 aliphatic rings. The van der Waals surface area contributed by atoms with Gasteiger partial charge in [0.05, 0.1) is 6.10 Å². The Kier molecular flexibility index (Phi) is 3.86. The van der Waals surface area contributed by atoms with Gasteiger partial charge in [-0.25, -0.2) is 9.48 Å². The summed E-state index contributed by atoms with van der Waals surface area (Å²) in [7, 11) is 0. The molecule has 0 amide bonds. The van der Waals surface area contributed by atoms with Crippen molar-refractivity contribution in [3.8, 4) is 5.88 Å². The van der Waals surface area contributed by atoms with Gasteiger partial charge in [0.15, 0.2) is 11.9 Å². The summed E-state index contributed by atoms with van der Waals surface area (Å²) in [4.78, 5) is 11.0. The van der Waals surface area contributed by atoms with E-state index in [1.54, 1.807) is 4.68 Å². The average Bonchev–Trinajstić information content (AvgIpc) is 2.73. The number of carboxylic acid groups (broad SMARTS) is 1. The first-order chi connectivity index (χ1) is 8.58. The van der Waals surface area contributed by atoms with E-state index in [-0.39, 0.29) is 18.0 Å². The van der Waals surface area contributed by atoms with Crippen LogP contribution in [0, 0.1) is 0 Å². The maximum Gasteiger partial charge on any atom is 0.356 e. The van der Waals surface area contributed by atoms with Crippen molar-refractivity contribution in [3.05, 3.63) is 11.8 Å². The van der Waals surface area contributed by atoms with E-state index >= 15 is 0 Å². The fourth-order valence-corrected chi connectivity index (χ4v) is 1.93. The molecule has 2 heterocycles. The zero-order valence-corrected chi connectivity index (χ0v) is 10.6. The summed E-state index contributed by atoms with van der Waals surface area (Å²) in [6.45, 7) is 4.45. The minimum absolute atomic E-state index is 0.0141. The highest BCUT2D eigenvalue weighted by Gasteiger charge is 2.23. The lowest BCUT2D eigenvalue weighted by molar-refractivity contribution is -0.0451.